The van der Waals surface area contributed by atoms with Gasteiger partial charge in [0.25, 0.3) is 5.91 Å². The van der Waals surface area contributed by atoms with Crippen molar-refractivity contribution in [2.75, 3.05) is 6.54 Å². The maximum Gasteiger partial charge on any atom is 0.325 e. The van der Waals surface area contributed by atoms with Crippen LogP contribution in [0, 0.1) is 0 Å². The fraction of sp³-hybridized carbons (Fsp3) is 0.750. The summed E-state index contributed by atoms with van der Waals surface area (Å²) in [5.74, 6) is -0.336. The second-order valence-corrected chi connectivity index (χ2v) is 4.16. The minimum atomic E-state index is -0.980. The van der Waals surface area contributed by atoms with Crippen LogP contribution in [0.15, 0.2) is 0 Å². The van der Waals surface area contributed by atoms with Gasteiger partial charge in [-0.2, -0.15) is 0 Å². The van der Waals surface area contributed by atoms with E-state index in [-0.39, 0.29) is 11.9 Å². The number of amides is 3. The minimum absolute atomic E-state index is 0.336. The number of hydrogen-bond donors (Lipinski definition) is 2. The molecule has 1 N–H and O–H groups in total. The van der Waals surface area contributed by atoms with Crippen LogP contribution in [-0.4, -0.2) is 28.3 Å². The number of nitrogens with zero attached hydrogens (tertiary/aromatic N) is 1. The predicted octanol–water partition coefficient (Wildman–Crippen LogP) is 0.984. The molecule has 74 valence electrons. The maximum absolute atomic E-state index is 11.3. The van der Waals surface area contributed by atoms with Crippen LogP contribution in [0.4, 0.5) is 4.79 Å². The molecule has 1 rings (SSSR count). The molecule has 3 amide bonds. The van der Waals surface area contributed by atoms with Crippen LogP contribution in [0.25, 0.3) is 0 Å². The molecular formula is C8H14N2O2S. The first-order chi connectivity index (χ1) is 6.00. The number of hydrogen-bond acceptors (Lipinski definition) is 3. The number of urea groups is 1. The van der Waals surface area contributed by atoms with Gasteiger partial charge in [-0.25, -0.2) is 4.79 Å². The molecule has 0 aromatic rings. The van der Waals surface area contributed by atoms with E-state index in [4.69, 9.17) is 0 Å². The standard InChI is InChI=1S/C8H14N2O2S/c1-3-4-5-10-7(12)9-6(11)8(10,2)13/h13H,3-5H2,1-2H3,(H,9,11,12). The average Bonchev–Trinajstić information content (AvgIpc) is 2.21. The molecular weight excluding hydrogens is 188 g/mol. The van der Waals surface area contributed by atoms with Gasteiger partial charge >= 0.3 is 6.03 Å². The molecule has 13 heavy (non-hydrogen) atoms. The molecule has 1 fully saturated rings. The van der Waals surface area contributed by atoms with Crippen molar-refractivity contribution in [2.24, 2.45) is 0 Å². The summed E-state index contributed by atoms with van der Waals surface area (Å²) < 4.78 is 0. The quantitative estimate of drug-likeness (QED) is 0.529. The minimum Gasteiger partial charge on any atom is -0.301 e. The van der Waals surface area contributed by atoms with E-state index < -0.39 is 4.87 Å². The summed E-state index contributed by atoms with van der Waals surface area (Å²) >= 11 is 4.16. The highest BCUT2D eigenvalue weighted by molar-refractivity contribution is 7.82. The number of imide groups is 1. The zero-order chi connectivity index (χ0) is 10.1. The van der Waals surface area contributed by atoms with Gasteiger partial charge in [-0.15, -0.1) is 12.6 Å². The third kappa shape index (κ3) is 1.80. The van der Waals surface area contributed by atoms with E-state index in [0.29, 0.717) is 6.54 Å². The summed E-state index contributed by atoms with van der Waals surface area (Å²) in [7, 11) is 0. The van der Waals surface area contributed by atoms with Crippen LogP contribution >= 0.6 is 12.6 Å². The van der Waals surface area contributed by atoms with Crippen molar-refractivity contribution in [3.8, 4) is 0 Å². The lowest BCUT2D eigenvalue weighted by Gasteiger charge is -2.26. The number of unbranched alkanes of at least 4 members (excludes halogenated alkanes) is 1. The van der Waals surface area contributed by atoms with E-state index in [9.17, 15) is 9.59 Å². The van der Waals surface area contributed by atoms with Crippen LogP contribution in [0.5, 0.6) is 0 Å². The SMILES string of the molecule is CCCCN1C(=O)NC(=O)C1(C)S. The number of nitrogens with one attached hydrogen (secondary N) is 1. The molecule has 0 aromatic heterocycles. The van der Waals surface area contributed by atoms with Crippen LogP contribution < -0.4 is 5.32 Å². The summed E-state index contributed by atoms with van der Waals surface area (Å²) in [6, 6.07) is -0.337. The smallest absolute Gasteiger partial charge is 0.301 e. The molecule has 0 spiro atoms. The van der Waals surface area contributed by atoms with E-state index in [1.807, 2.05) is 6.92 Å². The topological polar surface area (TPSA) is 49.4 Å². The van der Waals surface area contributed by atoms with Crippen molar-refractivity contribution in [3.05, 3.63) is 0 Å². The van der Waals surface area contributed by atoms with Gasteiger partial charge in [0.1, 0.15) is 0 Å². The Morgan fingerprint density at radius 3 is 2.54 bits per heavy atom. The Balaban J connectivity index is 2.71. The third-order valence-electron chi connectivity index (χ3n) is 2.16. The number of carbonyl (C=O) groups is 2. The molecule has 1 atom stereocenters. The van der Waals surface area contributed by atoms with Gasteiger partial charge in [-0.1, -0.05) is 13.3 Å². The van der Waals surface area contributed by atoms with Gasteiger partial charge in [0.2, 0.25) is 0 Å². The Morgan fingerprint density at radius 1 is 1.54 bits per heavy atom. The van der Waals surface area contributed by atoms with Gasteiger partial charge in [0.05, 0.1) is 0 Å². The molecule has 0 aromatic carbocycles. The zero-order valence-electron chi connectivity index (χ0n) is 7.83. The van der Waals surface area contributed by atoms with Crippen molar-refractivity contribution in [3.63, 3.8) is 0 Å². The van der Waals surface area contributed by atoms with E-state index in [1.54, 1.807) is 6.92 Å². The summed E-state index contributed by atoms with van der Waals surface area (Å²) in [4.78, 5) is 23.0. The molecule has 0 radical (unpaired) electrons. The summed E-state index contributed by atoms with van der Waals surface area (Å²) in [5, 5.41) is 2.24. The summed E-state index contributed by atoms with van der Waals surface area (Å²) in [6.07, 6.45) is 1.87. The van der Waals surface area contributed by atoms with E-state index in [2.05, 4.69) is 17.9 Å². The van der Waals surface area contributed by atoms with Gasteiger partial charge in [-0.3, -0.25) is 10.1 Å². The number of thiol groups is 1. The molecule has 1 unspecified atom stereocenters. The average molecular weight is 202 g/mol. The first-order valence-corrected chi connectivity index (χ1v) is 4.80. The Labute approximate surface area is 83.1 Å². The molecule has 1 aliphatic rings. The third-order valence-corrected chi connectivity index (χ3v) is 2.60. The van der Waals surface area contributed by atoms with Gasteiger partial charge in [-0.05, 0) is 13.3 Å². The molecule has 0 aliphatic carbocycles. The van der Waals surface area contributed by atoms with Crippen molar-refractivity contribution in [1.29, 1.82) is 0 Å². The van der Waals surface area contributed by atoms with Crippen LogP contribution in [-0.2, 0) is 4.79 Å². The van der Waals surface area contributed by atoms with Gasteiger partial charge in [0.15, 0.2) is 4.87 Å². The maximum atomic E-state index is 11.3. The molecule has 1 heterocycles. The molecule has 0 bridgehead atoms. The van der Waals surface area contributed by atoms with E-state index in [0.717, 1.165) is 12.8 Å². The molecule has 4 nitrogen and oxygen atoms in total. The lowest BCUT2D eigenvalue weighted by Crippen LogP contribution is -2.42. The Morgan fingerprint density at radius 2 is 2.15 bits per heavy atom. The monoisotopic (exact) mass is 202 g/mol. The molecule has 5 heteroatoms. The largest absolute Gasteiger partial charge is 0.325 e. The fourth-order valence-electron chi connectivity index (χ4n) is 1.24. The first-order valence-electron chi connectivity index (χ1n) is 4.35. The van der Waals surface area contributed by atoms with Crippen molar-refractivity contribution in [2.45, 2.75) is 31.6 Å². The van der Waals surface area contributed by atoms with Crippen molar-refractivity contribution >= 4 is 24.6 Å². The second kappa shape index (κ2) is 3.57. The van der Waals surface area contributed by atoms with Gasteiger partial charge in [0, 0.05) is 6.54 Å². The summed E-state index contributed by atoms with van der Waals surface area (Å²) in [6.45, 7) is 4.24. The fourth-order valence-corrected chi connectivity index (χ4v) is 1.49. The lowest BCUT2D eigenvalue weighted by molar-refractivity contribution is -0.122. The zero-order valence-corrected chi connectivity index (χ0v) is 8.73. The molecule has 1 aliphatic heterocycles. The van der Waals surface area contributed by atoms with Crippen LogP contribution in [0.2, 0.25) is 0 Å². The van der Waals surface area contributed by atoms with E-state index >= 15 is 0 Å². The predicted molar refractivity (Wildman–Crippen MR) is 52.5 cm³/mol. The Hall–Kier alpha value is -0.710. The normalized spacial score (nSPS) is 28.1. The van der Waals surface area contributed by atoms with Crippen molar-refractivity contribution < 1.29 is 9.59 Å². The Bertz CT molecular complexity index is 240. The van der Waals surface area contributed by atoms with Crippen molar-refractivity contribution in [1.82, 2.24) is 10.2 Å². The summed E-state index contributed by atoms with van der Waals surface area (Å²) in [5.41, 5.74) is 0. The first kappa shape index (κ1) is 10.4. The van der Waals surface area contributed by atoms with Crippen LogP contribution in [0.1, 0.15) is 26.7 Å². The highest BCUT2D eigenvalue weighted by Crippen LogP contribution is 2.25. The Kier molecular flexibility index (Phi) is 2.85. The molecule has 1 saturated heterocycles. The lowest BCUT2D eigenvalue weighted by atomic mass is 10.2. The highest BCUT2D eigenvalue weighted by atomic mass is 32.1. The number of rotatable bonds is 3. The van der Waals surface area contributed by atoms with Gasteiger partial charge < -0.3 is 4.90 Å². The van der Waals surface area contributed by atoms with E-state index in [1.165, 1.54) is 4.90 Å². The molecule has 0 saturated carbocycles. The second-order valence-electron chi connectivity index (χ2n) is 3.29. The van der Waals surface area contributed by atoms with Crippen LogP contribution in [0.3, 0.4) is 0 Å². The highest BCUT2D eigenvalue weighted by Gasteiger charge is 2.45. The number of carbonyl (C=O) groups excluding carboxylic acids is 2.